The Labute approximate surface area is 136 Å². The summed E-state index contributed by atoms with van der Waals surface area (Å²) in [4.78, 5) is 0. The number of nitrogens with two attached hydrogens (primary N) is 1. The molecule has 0 fully saturated rings. The van der Waals surface area contributed by atoms with Gasteiger partial charge in [0.15, 0.2) is 0 Å². The number of rotatable bonds is 4. The molecule has 1 aromatic carbocycles. The molecule has 0 bridgehead atoms. The molecule has 0 saturated carbocycles. The second-order valence-electron chi connectivity index (χ2n) is 4.40. The summed E-state index contributed by atoms with van der Waals surface area (Å²) in [5, 5.41) is 9.97. The van der Waals surface area contributed by atoms with Crippen molar-refractivity contribution in [3.8, 4) is 5.75 Å². The van der Waals surface area contributed by atoms with Gasteiger partial charge in [0, 0.05) is 15.2 Å². The fourth-order valence-corrected chi connectivity index (χ4v) is 3.43. The van der Waals surface area contributed by atoms with E-state index in [1.54, 1.807) is 0 Å². The van der Waals surface area contributed by atoms with Crippen molar-refractivity contribution in [2.24, 2.45) is 11.7 Å². The largest absolute Gasteiger partial charge is 0.506 e. The van der Waals surface area contributed by atoms with Crippen molar-refractivity contribution in [2.45, 2.75) is 32.7 Å². The van der Waals surface area contributed by atoms with Gasteiger partial charge in [-0.15, -0.1) is 12.4 Å². The minimum atomic E-state index is -0.0642. The van der Waals surface area contributed by atoms with Crippen LogP contribution in [0.15, 0.2) is 12.1 Å². The van der Waals surface area contributed by atoms with Crippen LogP contribution in [0.4, 0.5) is 0 Å². The van der Waals surface area contributed by atoms with Crippen molar-refractivity contribution >= 4 is 57.6 Å². The zero-order valence-electron chi connectivity index (χ0n) is 9.91. The Morgan fingerprint density at radius 3 is 2.35 bits per heavy atom. The van der Waals surface area contributed by atoms with Crippen LogP contribution in [0.3, 0.4) is 0 Å². The lowest BCUT2D eigenvalue weighted by atomic mass is 9.98. The number of aromatic hydroxyl groups is 1. The third-order valence-corrected chi connectivity index (χ3v) is 3.96. The minimum absolute atomic E-state index is 0. The normalized spacial score (nSPS) is 12.4. The molecule has 0 spiro atoms. The topological polar surface area (TPSA) is 46.2 Å². The third-order valence-electron chi connectivity index (χ3n) is 2.51. The Balaban J connectivity index is 0.00000256. The van der Waals surface area contributed by atoms with E-state index in [4.69, 9.17) is 5.73 Å². The van der Waals surface area contributed by atoms with Crippen molar-refractivity contribution < 1.29 is 5.11 Å². The van der Waals surface area contributed by atoms with Crippen LogP contribution in [0.2, 0.25) is 0 Å². The van der Waals surface area contributed by atoms with E-state index < -0.39 is 0 Å². The van der Waals surface area contributed by atoms with E-state index in [2.05, 4.69) is 59.0 Å². The maximum absolute atomic E-state index is 9.97. The molecule has 1 rings (SSSR count). The summed E-state index contributed by atoms with van der Waals surface area (Å²) in [6.45, 7) is 4.37. The molecule has 17 heavy (non-hydrogen) atoms. The molecular weight excluding hydrogens is 463 g/mol. The average Bonchev–Trinajstić information content (AvgIpc) is 2.19. The predicted molar refractivity (Wildman–Crippen MR) is 91.8 cm³/mol. The Kier molecular flexibility index (Phi) is 8.36. The molecule has 3 N–H and O–H groups in total. The van der Waals surface area contributed by atoms with Gasteiger partial charge in [-0.1, -0.05) is 13.8 Å². The summed E-state index contributed by atoms with van der Waals surface area (Å²) in [5.74, 6) is 0.993. The van der Waals surface area contributed by atoms with Gasteiger partial charge in [0.25, 0.3) is 0 Å². The van der Waals surface area contributed by atoms with Crippen LogP contribution in [-0.4, -0.2) is 5.11 Å². The highest BCUT2D eigenvalue weighted by Crippen LogP contribution is 2.32. The highest BCUT2D eigenvalue weighted by molar-refractivity contribution is 14.1. The Hall–Kier alpha value is 0.730. The fourth-order valence-electron chi connectivity index (χ4n) is 1.54. The van der Waals surface area contributed by atoms with E-state index in [-0.39, 0.29) is 18.4 Å². The molecule has 2 nitrogen and oxygen atoms in total. The molecule has 0 heterocycles. The first-order valence-electron chi connectivity index (χ1n) is 5.35. The predicted octanol–water partition coefficient (Wildman–Crippen LogP) is 4.46. The highest BCUT2D eigenvalue weighted by atomic mass is 127. The summed E-state index contributed by atoms with van der Waals surface area (Å²) >= 11 is 4.39. The van der Waals surface area contributed by atoms with Crippen molar-refractivity contribution in [3.05, 3.63) is 24.8 Å². The molecule has 0 aliphatic carbocycles. The second kappa shape index (κ2) is 8.01. The van der Waals surface area contributed by atoms with Gasteiger partial charge in [0.2, 0.25) is 0 Å². The SMILES string of the molecule is CC(C)CC[C@@H](N)c1cc(I)cc(I)c1O.Cl. The van der Waals surface area contributed by atoms with Crippen molar-refractivity contribution in [3.63, 3.8) is 0 Å². The summed E-state index contributed by atoms with van der Waals surface area (Å²) in [5.41, 5.74) is 6.99. The van der Waals surface area contributed by atoms with Crippen LogP contribution in [0.1, 0.15) is 38.3 Å². The van der Waals surface area contributed by atoms with E-state index in [1.165, 1.54) is 0 Å². The summed E-state index contributed by atoms with van der Waals surface area (Å²) in [6, 6.07) is 3.86. The van der Waals surface area contributed by atoms with E-state index in [9.17, 15) is 5.11 Å². The molecule has 0 unspecified atom stereocenters. The van der Waals surface area contributed by atoms with Gasteiger partial charge in [0.1, 0.15) is 5.75 Å². The molecule has 0 radical (unpaired) electrons. The second-order valence-corrected chi connectivity index (χ2v) is 6.81. The third kappa shape index (κ3) is 5.48. The quantitative estimate of drug-likeness (QED) is 0.624. The molecule has 1 atom stereocenters. The monoisotopic (exact) mass is 481 g/mol. The number of phenolic OH excluding ortho intramolecular Hbond substituents is 1. The highest BCUT2D eigenvalue weighted by Gasteiger charge is 2.14. The van der Waals surface area contributed by atoms with Gasteiger partial charge >= 0.3 is 0 Å². The van der Waals surface area contributed by atoms with Gasteiger partial charge in [-0.3, -0.25) is 0 Å². The van der Waals surface area contributed by atoms with Gasteiger partial charge < -0.3 is 10.8 Å². The lowest BCUT2D eigenvalue weighted by Crippen LogP contribution is -2.12. The maximum atomic E-state index is 9.97. The van der Waals surface area contributed by atoms with Crippen LogP contribution in [0.25, 0.3) is 0 Å². The average molecular weight is 482 g/mol. The molecule has 1 aromatic rings. The number of hydrogen-bond acceptors (Lipinski definition) is 2. The Bertz CT molecular complexity index is 372. The van der Waals surface area contributed by atoms with Crippen LogP contribution in [0, 0.1) is 13.1 Å². The number of benzene rings is 1. The fraction of sp³-hybridized carbons (Fsp3) is 0.500. The zero-order valence-corrected chi connectivity index (χ0v) is 15.0. The Morgan fingerprint density at radius 1 is 1.24 bits per heavy atom. The van der Waals surface area contributed by atoms with Gasteiger partial charge in [-0.2, -0.15) is 0 Å². The van der Waals surface area contributed by atoms with Crippen LogP contribution in [0.5, 0.6) is 5.75 Å². The standard InChI is InChI=1S/C12H17I2NO.ClH/c1-7(2)3-4-11(15)9-5-8(13)6-10(14)12(9)16;/h5-7,11,16H,3-4,15H2,1-2H3;1H/t11-;/m1./s1. The van der Waals surface area contributed by atoms with Gasteiger partial charge in [0.05, 0.1) is 3.57 Å². The van der Waals surface area contributed by atoms with Crippen LogP contribution >= 0.6 is 57.6 Å². The molecule has 0 aromatic heterocycles. The van der Waals surface area contributed by atoms with Gasteiger partial charge in [-0.05, 0) is 76.1 Å². The summed E-state index contributed by atoms with van der Waals surface area (Å²) in [7, 11) is 0. The van der Waals surface area contributed by atoms with Crippen molar-refractivity contribution in [1.29, 1.82) is 0 Å². The molecule has 5 heteroatoms. The van der Waals surface area contributed by atoms with Crippen molar-refractivity contribution in [2.75, 3.05) is 0 Å². The number of hydrogen-bond donors (Lipinski definition) is 2. The number of halogens is 3. The Morgan fingerprint density at radius 2 is 1.82 bits per heavy atom. The summed E-state index contributed by atoms with van der Waals surface area (Å²) < 4.78 is 1.99. The lowest BCUT2D eigenvalue weighted by molar-refractivity contribution is 0.445. The molecule has 98 valence electrons. The lowest BCUT2D eigenvalue weighted by Gasteiger charge is -2.16. The molecular formula is C12H18ClI2NO. The first-order valence-corrected chi connectivity index (χ1v) is 7.51. The molecule has 0 amide bonds. The van der Waals surface area contributed by atoms with Gasteiger partial charge in [-0.25, -0.2) is 0 Å². The molecule has 0 saturated heterocycles. The molecule has 0 aliphatic rings. The van der Waals surface area contributed by atoms with Crippen LogP contribution < -0.4 is 5.73 Å². The van der Waals surface area contributed by atoms with Crippen LogP contribution in [-0.2, 0) is 0 Å². The number of phenols is 1. The summed E-state index contributed by atoms with van der Waals surface area (Å²) in [6.07, 6.45) is 2.00. The first-order chi connectivity index (χ1) is 7.41. The van der Waals surface area contributed by atoms with E-state index in [1.807, 2.05) is 12.1 Å². The minimum Gasteiger partial charge on any atom is -0.506 e. The van der Waals surface area contributed by atoms with E-state index >= 15 is 0 Å². The van der Waals surface area contributed by atoms with Crippen molar-refractivity contribution in [1.82, 2.24) is 0 Å². The van der Waals surface area contributed by atoms with E-state index in [0.717, 1.165) is 25.5 Å². The smallest absolute Gasteiger partial charge is 0.133 e. The maximum Gasteiger partial charge on any atom is 0.133 e. The zero-order chi connectivity index (χ0) is 12.3. The molecule has 0 aliphatic heterocycles. The first kappa shape index (κ1) is 17.7. The van der Waals surface area contributed by atoms with E-state index in [0.29, 0.717) is 11.7 Å².